The molecule has 2 radical (unpaired) electrons. The Balaban J connectivity index is -0.000000127. The van der Waals surface area contributed by atoms with Gasteiger partial charge in [0.15, 0.2) is 0 Å². The molecule has 0 atom stereocenters. The zero-order valence-corrected chi connectivity index (χ0v) is 19.8. The van der Waals surface area contributed by atoms with Crippen LogP contribution in [0.1, 0.15) is 41.9 Å². The van der Waals surface area contributed by atoms with Crippen LogP contribution in [0.4, 0.5) is 0 Å². The van der Waals surface area contributed by atoms with Crippen LogP contribution in [0.5, 0.6) is 0 Å². The second kappa shape index (κ2) is 16.8. The molecule has 0 bridgehead atoms. The number of rotatable bonds is 0. The van der Waals surface area contributed by atoms with Gasteiger partial charge < -0.3 is 12.1 Å². The van der Waals surface area contributed by atoms with Gasteiger partial charge in [0.25, 0.3) is 0 Å². The van der Waals surface area contributed by atoms with Crippen LogP contribution in [-0.2, 0) is 65.4 Å². The summed E-state index contributed by atoms with van der Waals surface area (Å²) in [6, 6.07) is 5.98. The molecule has 0 aliphatic rings. The molecule has 2 aromatic heterocycles. The predicted molar refractivity (Wildman–Crippen MR) is 86.8 cm³/mol. The minimum absolute atomic E-state index is 0. The first kappa shape index (κ1) is 30.8. The molecule has 0 aliphatic heterocycles. The molecule has 0 aromatic carbocycles. The summed E-state index contributed by atoms with van der Waals surface area (Å²) in [5.74, 6) is 1.65. The average Bonchev–Trinajstić information content (AvgIpc) is 2.28. The summed E-state index contributed by atoms with van der Waals surface area (Å²) in [5.41, 5.74) is 3.67. The van der Waals surface area contributed by atoms with Crippen LogP contribution in [0.25, 0.3) is 0 Å². The molecule has 4 nitrogen and oxygen atoms in total. The minimum atomic E-state index is 0. The van der Waals surface area contributed by atoms with E-state index in [9.17, 15) is 0 Å². The molecule has 0 unspecified atom stereocenters. The number of aryl methyl sites for hydroxylation is 6. The van der Waals surface area contributed by atoms with Gasteiger partial charge in [-0.1, -0.05) is 35.1 Å². The molecular formula is C17H24N4Y2-2. The first-order valence-electron chi connectivity index (χ1n) is 6.12. The summed E-state index contributed by atoms with van der Waals surface area (Å²) in [5, 5.41) is 0. The number of hydrogen-bond donors (Lipinski definition) is 0. The number of hydrogen-bond acceptors (Lipinski definition) is 4. The maximum absolute atomic E-state index is 4.07. The van der Waals surface area contributed by atoms with E-state index >= 15 is 0 Å². The molecule has 2 rings (SSSR count). The van der Waals surface area contributed by atoms with E-state index in [-0.39, 0.29) is 72.8 Å². The largest absolute Gasteiger partial charge is 0.427 e. The quantitative estimate of drug-likeness (QED) is 0.446. The van der Waals surface area contributed by atoms with Gasteiger partial charge in [-0.3, -0.25) is 19.9 Å². The van der Waals surface area contributed by atoms with Crippen molar-refractivity contribution in [1.82, 2.24) is 19.9 Å². The Morgan fingerprint density at radius 2 is 0.739 bits per heavy atom. The summed E-state index contributed by atoms with van der Waals surface area (Å²) < 4.78 is 0. The first-order chi connectivity index (χ1) is 9.36. The van der Waals surface area contributed by atoms with Gasteiger partial charge >= 0.3 is 0 Å². The second-order valence-electron chi connectivity index (χ2n) is 4.13. The first-order valence-corrected chi connectivity index (χ1v) is 6.12. The van der Waals surface area contributed by atoms with Crippen LogP contribution in [-0.4, -0.2) is 19.9 Å². The standard InChI is InChI=1S/2C7H9N2.C2H2.CH4.2Y/c2*1-5-4-6(2)9-7(3)8-5;1-2;;;/h2*1-3H3;1-2H;1H4;;/q2*-1;;;;. The number of terminal acetylenes is 1. The summed E-state index contributed by atoms with van der Waals surface area (Å²) in [4.78, 5) is 16.3. The summed E-state index contributed by atoms with van der Waals surface area (Å²) >= 11 is 0. The van der Waals surface area contributed by atoms with Crippen molar-refractivity contribution in [1.29, 1.82) is 0 Å². The van der Waals surface area contributed by atoms with Gasteiger partial charge in [0.2, 0.25) is 0 Å². The molecular weight excluding hydrogens is 438 g/mol. The Hall–Kier alpha value is -0.0722. The van der Waals surface area contributed by atoms with Crippen molar-refractivity contribution in [3.05, 3.63) is 46.6 Å². The van der Waals surface area contributed by atoms with Crippen LogP contribution >= 0.6 is 0 Å². The number of nitrogens with zero attached hydrogens (tertiary/aromatic N) is 4. The van der Waals surface area contributed by atoms with E-state index in [1.165, 1.54) is 0 Å². The molecule has 2 aromatic rings. The summed E-state index contributed by atoms with van der Waals surface area (Å²) in [6.45, 7) is 11.4. The monoisotopic (exact) mass is 462 g/mol. The number of aromatic nitrogens is 4. The van der Waals surface area contributed by atoms with Crippen molar-refractivity contribution in [2.45, 2.75) is 49.0 Å². The van der Waals surface area contributed by atoms with E-state index in [4.69, 9.17) is 0 Å². The molecule has 2 heterocycles. The fraction of sp³-hybridized carbons (Fsp3) is 0.412. The van der Waals surface area contributed by atoms with E-state index in [2.05, 4.69) is 44.9 Å². The van der Waals surface area contributed by atoms with Gasteiger partial charge in [-0.05, 0) is 13.8 Å². The Bertz CT molecular complexity index is 434. The molecule has 0 fully saturated rings. The third kappa shape index (κ3) is 15.2. The van der Waals surface area contributed by atoms with Crippen LogP contribution in [0.3, 0.4) is 0 Å². The van der Waals surface area contributed by atoms with Gasteiger partial charge in [0.05, 0.1) is 0 Å². The molecule has 0 amide bonds. The Kier molecular flexibility index (Phi) is 22.4. The summed E-state index contributed by atoms with van der Waals surface area (Å²) in [7, 11) is 0. The van der Waals surface area contributed by atoms with Crippen molar-refractivity contribution in [2.24, 2.45) is 0 Å². The van der Waals surface area contributed by atoms with E-state index in [1.54, 1.807) is 0 Å². The molecule has 0 aliphatic carbocycles. The van der Waals surface area contributed by atoms with E-state index in [0.717, 1.165) is 34.4 Å². The summed E-state index contributed by atoms with van der Waals surface area (Å²) in [6.07, 6.45) is 8.00. The van der Waals surface area contributed by atoms with Gasteiger partial charge in [-0.25, -0.2) is 0 Å². The fourth-order valence-corrected chi connectivity index (χ4v) is 1.66. The van der Waals surface area contributed by atoms with E-state index in [1.807, 2.05) is 41.5 Å². The minimum Gasteiger partial charge on any atom is -0.427 e. The van der Waals surface area contributed by atoms with Crippen molar-refractivity contribution in [3.8, 4) is 12.8 Å². The Morgan fingerprint density at radius 1 is 0.565 bits per heavy atom. The van der Waals surface area contributed by atoms with Crippen LogP contribution in [0.2, 0.25) is 0 Å². The van der Waals surface area contributed by atoms with Crippen LogP contribution in [0, 0.1) is 66.5 Å². The van der Waals surface area contributed by atoms with Crippen molar-refractivity contribution in [3.63, 3.8) is 0 Å². The van der Waals surface area contributed by atoms with Gasteiger partial charge in [-0.2, -0.15) is 0 Å². The van der Waals surface area contributed by atoms with E-state index in [0.29, 0.717) is 0 Å². The molecule has 120 valence electrons. The maximum atomic E-state index is 4.07. The van der Waals surface area contributed by atoms with Crippen molar-refractivity contribution >= 4 is 0 Å². The zero-order valence-electron chi connectivity index (χ0n) is 14.1. The zero-order chi connectivity index (χ0) is 15.7. The van der Waals surface area contributed by atoms with Crippen LogP contribution < -0.4 is 0 Å². The normalized spacial score (nSPS) is 7.65. The van der Waals surface area contributed by atoms with Crippen molar-refractivity contribution < 1.29 is 65.4 Å². The van der Waals surface area contributed by atoms with Gasteiger partial charge in [0, 0.05) is 65.4 Å². The third-order valence-electron chi connectivity index (χ3n) is 2.04. The van der Waals surface area contributed by atoms with Crippen molar-refractivity contribution in [2.75, 3.05) is 0 Å². The second-order valence-corrected chi connectivity index (χ2v) is 4.13. The SMILES string of the molecule is C.C#C.Cc1[c-]c(C)nc(C)n1.Cc1[c-]c(C)nc(C)n1.[Y].[Y]. The van der Waals surface area contributed by atoms with Crippen LogP contribution in [0.15, 0.2) is 0 Å². The average molecular weight is 462 g/mol. The van der Waals surface area contributed by atoms with E-state index < -0.39 is 0 Å². The third-order valence-corrected chi connectivity index (χ3v) is 2.04. The molecule has 0 saturated heterocycles. The molecule has 0 spiro atoms. The maximum Gasteiger partial charge on any atom is 0.118 e. The van der Waals surface area contributed by atoms with Gasteiger partial charge in [0.1, 0.15) is 11.6 Å². The predicted octanol–water partition coefficient (Wildman–Crippen LogP) is 3.28. The smallest absolute Gasteiger partial charge is 0.118 e. The Labute approximate surface area is 191 Å². The molecule has 6 heteroatoms. The molecule has 0 N–H and O–H groups in total. The van der Waals surface area contributed by atoms with Gasteiger partial charge in [-0.15, -0.1) is 35.6 Å². The topological polar surface area (TPSA) is 51.6 Å². The fourth-order valence-electron chi connectivity index (χ4n) is 1.66. The molecule has 23 heavy (non-hydrogen) atoms. The Morgan fingerprint density at radius 3 is 0.870 bits per heavy atom. The molecule has 0 saturated carbocycles.